The Bertz CT molecular complexity index is 668. The molecule has 2 saturated heterocycles. The summed E-state index contributed by atoms with van der Waals surface area (Å²) in [6.07, 6.45) is 2.28. The van der Waals surface area contributed by atoms with Gasteiger partial charge < -0.3 is 15.1 Å². The molecule has 28 heavy (non-hydrogen) atoms. The zero-order valence-corrected chi connectivity index (χ0v) is 17.5. The minimum absolute atomic E-state index is 0.0133. The average molecular weight is 407 g/mol. The molecule has 7 heteroatoms. The van der Waals surface area contributed by atoms with E-state index in [1.807, 2.05) is 17.0 Å². The van der Waals surface area contributed by atoms with Gasteiger partial charge in [-0.1, -0.05) is 23.7 Å². The van der Waals surface area contributed by atoms with E-state index >= 15 is 0 Å². The van der Waals surface area contributed by atoms with Crippen LogP contribution < -0.4 is 5.32 Å². The predicted molar refractivity (Wildman–Crippen MR) is 112 cm³/mol. The van der Waals surface area contributed by atoms with Crippen molar-refractivity contribution in [1.82, 2.24) is 20.0 Å². The molecule has 1 aromatic rings. The van der Waals surface area contributed by atoms with Crippen molar-refractivity contribution in [2.24, 2.45) is 5.92 Å². The second-order valence-electron chi connectivity index (χ2n) is 7.91. The summed E-state index contributed by atoms with van der Waals surface area (Å²) in [6.45, 7) is 7.34. The summed E-state index contributed by atoms with van der Waals surface area (Å²) in [5.74, 6) is 0.463. The van der Waals surface area contributed by atoms with Crippen LogP contribution >= 0.6 is 11.6 Å². The second-order valence-corrected chi connectivity index (χ2v) is 8.32. The molecule has 3 rings (SSSR count). The summed E-state index contributed by atoms with van der Waals surface area (Å²) < 4.78 is 0. The molecule has 154 valence electrons. The molecule has 0 unspecified atom stereocenters. The van der Waals surface area contributed by atoms with Crippen molar-refractivity contribution in [3.63, 3.8) is 0 Å². The third kappa shape index (κ3) is 5.93. The highest BCUT2D eigenvalue weighted by atomic mass is 35.5. The first-order valence-electron chi connectivity index (χ1n) is 10.2. The smallest absolute Gasteiger partial charge is 0.255 e. The van der Waals surface area contributed by atoms with Crippen LogP contribution in [0.4, 0.5) is 0 Å². The van der Waals surface area contributed by atoms with Gasteiger partial charge in [-0.3, -0.25) is 14.5 Å². The van der Waals surface area contributed by atoms with E-state index in [0.717, 1.165) is 45.6 Å². The van der Waals surface area contributed by atoms with Gasteiger partial charge in [-0.15, -0.1) is 0 Å². The first-order chi connectivity index (χ1) is 13.5. The number of rotatable bonds is 6. The van der Waals surface area contributed by atoms with Crippen molar-refractivity contribution < 1.29 is 9.59 Å². The Morgan fingerprint density at radius 2 is 1.75 bits per heavy atom. The minimum Gasteiger partial charge on any atom is -0.355 e. The van der Waals surface area contributed by atoms with Crippen LogP contribution in [0.15, 0.2) is 24.3 Å². The molecule has 6 nitrogen and oxygen atoms in total. The van der Waals surface area contributed by atoms with Crippen LogP contribution in [0.2, 0.25) is 5.02 Å². The van der Waals surface area contributed by atoms with Crippen LogP contribution in [-0.4, -0.2) is 85.9 Å². The van der Waals surface area contributed by atoms with Crippen LogP contribution in [-0.2, 0) is 4.79 Å². The number of likely N-dealkylation sites (N-methyl/N-ethyl adjacent to an activating group) is 1. The molecule has 2 aliphatic heterocycles. The summed E-state index contributed by atoms with van der Waals surface area (Å²) in [7, 11) is 2.15. The van der Waals surface area contributed by atoms with Crippen molar-refractivity contribution in [3.8, 4) is 0 Å². The molecule has 0 radical (unpaired) electrons. The highest BCUT2D eigenvalue weighted by Gasteiger charge is 2.26. The number of hydrogen-bond acceptors (Lipinski definition) is 4. The van der Waals surface area contributed by atoms with Gasteiger partial charge in [0, 0.05) is 58.8 Å². The van der Waals surface area contributed by atoms with Crippen LogP contribution in [0.3, 0.4) is 0 Å². The summed E-state index contributed by atoms with van der Waals surface area (Å²) in [5.41, 5.74) is 0.560. The van der Waals surface area contributed by atoms with E-state index < -0.39 is 0 Å². The van der Waals surface area contributed by atoms with Crippen molar-refractivity contribution in [2.45, 2.75) is 19.3 Å². The van der Waals surface area contributed by atoms with Crippen LogP contribution in [0.5, 0.6) is 0 Å². The Morgan fingerprint density at radius 1 is 1.07 bits per heavy atom. The fourth-order valence-electron chi connectivity index (χ4n) is 3.90. The van der Waals surface area contributed by atoms with Gasteiger partial charge in [0.1, 0.15) is 0 Å². The second kappa shape index (κ2) is 10.2. The quantitative estimate of drug-likeness (QED) is 0.784. The lowest BCUT2D eigenvalue weighted by atomic mass is 9.93. The molecule has 0 aliphatic carbocycles. The Balaban J connectivity index is 1.34. The maximum atomic E-state index is 12.6. The van der Waals surface area contributed by atoms with E-state index in [9.17, 15) is 9.59 Å². The summed E-state index contributed by atoms with van der Waals surface area (Å²) in [4.78, 5) is 31.4. The number of carbonyl (C=O) groups excluding carboxylic acids is 2. The van der Waals surface area contributed by atoms with Gasteiger partial charge >= 0.3 is 0 Å². The standard InChI is InChI=1S/C21H31ClN4O2/c1-24-12-14-25(15-13-24)11-8-23-20(27)16-17-6-9-26(10-7-17)21(28)18-4-2-3-5-19(18)22/h2-5,17H,6-16H2,1H3,(H,23,27). The minimum atomic E-state index is -0.0133. The van der Waals surface area contributed by atoms with Crippen LogP contribution in [0.25, 0.3) is 0 Å². The topological polar surface area (TPSA) is 55.9 Å². The molecular formula is C21H31ClN4O2. The largest absolute Gasteiger partial charge is 0.355 e. The van der Waals surface area contributed by atoms with Crippen molar-refractivity contribution in [2.75, 3.05) is 59.4 Å². The van der Waals surface area contributed by atoms with Crippen molar-refractivity contribution in [1.29, 1.82) is 0 Å². The molecule has 0 saturated carbocycles. The zero-order chi connectivity index (χ0) is 19.9. The number of benzene rings is 1. The van der Waals surface area contributed by atoms with E-state index in [1.54, 1.807) is 12.1 Å². The SMILES string of the molecule is CN1CCN(CCNC(=O)CC2CCN(C(=O)c3ccccc3Cl)CC2)CC1. The number of carbonyl (C=O) groups is 2. The molecule has 0 bridgehead atoms. The average Bonchev–Trinajstić information content (AvgIpc) is 2.70. The molecule has 0 spiro atoms. The lowest BCUT2D eigenvalue weighted by Gasteiger charge is -2.33. The van der Waals surface area contributed by atoms with Gasteiger partial charge in [0.05, 0.1) is 10.6 Å². The molecule has 2 aliphatic rings. The predicted octanol–water partition coefficient (Wildman–Crippen LogP) is 1.95. The monoisotopic (exact) mass is 406 g/mol. The van der Waals surface area contributed by atoms with Gasteiger partial charge in [0.25, 0.3) is 5.91 Å². The maximum Gasteiger partial charge on any atom is 0.255 e. The Hall–Kier alpha value is -1.63. The van der Waals surface area contributed by atoms with Gasteiger partial charge in [0.15, 0.2) is 0 Å². The summed E-state index contributed by atoms with van der Waals surface area (Å²) >= 11 is 6.14. The molecule has 1 N–H and O–H groups in total. The molecule has 2 fully saturated rings. The molecule has 1 aromatic carbocycles. The lowest BCUT2D eigenvalue weighted by molar-refractivity contribution is -0.122. The third-order valence-electron chi connectivity index (χ3n) is 5.83. The van der Waals surface area contributed by atoms with E-state index in [1.165, 1.54) is 0 Å². The van der Waals surface area contributed by atoms with Crippen LogP contribution in [0, 0.1) is 5.92 Å². The Labute approximate surface area is 172 Å². The van der Waals surface area contributed by atoms with Gasteiger partial charge in [0.2, 0.25) is 5.91 Å². The summed E-state index contributed by atoms with van der Waals surface area (Å²) in [5, 5.41) is 3.56. The summed E-state index contributed by atoms with van der Waals surface area (Å²) in [6, 6.07) is 7.17. The number of likely N-dealkylation sites (tertiary alicyclic amines) is 1. The fourth-order valence-corrected chi connectivity index (χ4v) is 4.12. The van der Waals surface area contributed by atoms with Gasteiger partial charge in [-0.25, -0.2) is 0 Å². The number of nitrogens with zero attached hydrogens (tertiary/aromatic N) is 3. The molecule has 0 aromatic heterocycles. The Kier molecular flexibility index (Phi) is 7.71. The van der Waals surface area contributed by atoms with E-state index in [0.29, 0.717) is 42.6 Å². The highest BCUT2D eigenvalue weighted by molar-refractivity contribution is 6.33. The number of piperidine rings is 1. The highest BCUT2D eigenvalue weighted by Crippen LogP contribution is 2.24. The maximum absolute atomic E-state index is 12.6. The molecular weight excluding hydrogens is 376 g/mol. The number of hydrogen-bond donors (Lipinski definition) is 1. The fraction of sp³-hybridized carbons (Fsp3) is 0.619. The first kappa shape index (κ1) is 21.1. The number of piperazine rings is 1. The van der Waals surface area contributed by atoms with Crippen molar-refractivity contribution in [3.05, 3.63) is 34.9 Å². The molecule has 2 amide bonds. The van der Waals surface area contributed by atoms with Crippen molar-refractivity contribution >= 4 is 23.4 Å². The zero-order valence-electron chi connectivity index (χ0n) is 16.7. The number of halogens is 1. The molecule has 2 heterocycles. The Morgan fingerprint density at radius 3 is 2.43 bits per heavy atom. The molecule has 0 atom stereocenters. The third-order valence-corrected chi connectivity index (χ3v) is 6.16. The number of amides is 2. The van der Waals surface area contributed by atoms with E-state index in [-0.39, 0.29) is 11.8 Å². The lowest BCUT2D eigenvalue weighted by Crippen LogP contribution is -2.47. The normalized spacial score (nSPS) is 19.6. The van der Waals surface area contributed by atoms with Gasteiger partial charge in [-0.2, -0.15) is 0 Å². The van der Waals surface area contributed by atoms with Gasteiger partial charge in [-0.05, 0) is 37.9 Å². The van der Waals surface area contributed by atoms with E-state index in [4.69, 9.17) is 11.6 Å². The first-order valence-corrected chi connectivity index (χ1v) is 10.6. The van der Waals surface area contributed by atoms with E-state index in [2.05, 4.69) is 22.2 Å². The van der Waals surface area contributed by atoms with Crippen LogP contribution in [0.1, 0.15) is 29.6 Å². The number of nitrogens with one attached hydrogen (secondary N) is 1.